The molecule has 0 radical (unpaired) electrons. The zero-order chi connectivity index (χ0) is 20.2. The second kappa shape index (κ2) is 9.80. The van der Waals surface area contributed by atoms with E-state index < -0.39 is 0 Å². The number of para-hydroxylation sites is 2. The smallest absolute Gasteiger partial charge is 0.191 e. The summed E-state index contributed by atoms with van der Waals surface area (Å²) in [5, 5.41) is 12.4. The van der Waals surface area contributed by atoms with Crippen molar-refractivity contribution in [2.24, 2.45) is 4.99 Å². The maximum atomic E-state index is 5.86. The molecule has 0 aliphatic heterocycles. The number of furan rings is 1. The fourth-order valence-electron chi connectivity index (χ4n) is 3.43. The molecule has 4 aromatic rings. The van der Waals surface area contributed by atoms with Gasteiger partial charge in [0.1, 0.15) is 11.3 Å². The first-order valence-electron chi connectivity index (χ1n) is 9.67. The summed E-state index contributed by atoms with van der Waals surface area (Å²) in [6, 6.07) is 20.4. The normalized spacial score (nSPS) is 11.4. The van der Waals surface area contributed by atoms with E-state index in [0.29, 0.717) is 19.0 Å². The standard InChI is InChI=1S/C23H25N5O.HI/c1-16-12-17(2)28(27-16)21-10-6-4-9-19(21)14-25-23(24-3)26-15-20-13-18-8-5-7-11-22(18)29-20;/h4-13H,14-15H2,1-3H3,(H2,24,25,26);1H. The molecule has 30 heavy (non-hydrogen) atoms. The van der Waals surface area contributed by atoms with Gasteiger partial charge in [0.05, 0.1) is 17.9 Å². The van der Waals surface area contributed by atoms with Crippen LogP contribution in [0, 0.1) is 13.8 Å². The number of nitrogens with zero attached hydrogens (tertiary/aromatic N) is 3. The molecule has 2 aromatic heterocycles. The Hall–Kier alpha value is -2.81. The monoisotopic (exact) mass is 515 g/mol. The van der Waals surface area contributed by atoms with Gasteiger partial charge in [-0.05, 0) is 43.7 Å². The minimum atomic E-state index is 0. The number of rotatable bonds is 5. The summed E-state index contributed by atoms with van der Waals surface area (Å²) < 4.78 is 7.84. The summed E-state index contributed by atoms with van der Waals surface area (Å²) >= 11 is 0. The van der Waals surface area contributed by atoms with Gasteiger partial charge in [0.25, 0.3) is 0 Å². The van der Waals surface area contributed by atoms with Gasteiger partial charge in [-0.1, -0.05) is 36.4 Å². The molecule has 4 rings (SSSR count). The Labute approximate surface area is 193 Å². The lowest BCUT2D eigenvalue weighted by Gasteiger charge is -2.14. The number of aryl methyl sites for hydroxylation is 2. The van der Waals surface area contributed by atoms with Crippen LogP contribution in [0.4, 0.5) is 0 Å². The third-order valence-corrected chi connectivity index (χ3v) is 4.81. The Balaban J connectivity index is 0.00000256. The van der Waals surface area contributed by atoms with Crippen LogP contribution in [0.25, 0.3) is 16.7 Å². The first kappa shape index (κ1) is 21.9. The third kappa shape index (κ3) is 4.84. The van der Waals surface area contributed by atoms with E-state index in [0.717, 1.165) is 39.4 Å². The summed E-state index contributed by atoms with van der Waals surface area (Å²) in [4.78, 5) is 4.33. The Morgan fingerprint density at radius 3 is 2.47 bits per heavy atom. The van der Waals surface area contributed by atoms with Crippen molar-refractivity contribution in [1.82, 2.24) is 20.4 Å². The lowest BCUT2D eigenvalue weighted by atomic mass is 10.1. The highest BCUT2D eigenvalue weighted by Crippen LogP contribution is 2.19. The van der Waals surface area contributed by atoms with Gasteiger partial charge < -0.3 is 15.1 Å². The van der Waals surface area contributed by atoms with Crippen molar-refractivity contribution in [2.75, 3.05) is 7.05 Å². The van der Waals surface area contributed by atoms with Crippen molar-refractivity contribution in [1.29, 1.82) is 0 Å². The first-order chi connectivity index (χ1) is 14.1. The lowest BCUT2D eigenvalue weighted by Crippen LogP contribution is -2.36. The number of aliphatic imine (C=N–C) groups is 1. The van der Waals surface area contributed by atoms with E-state index in [2.05, 4.69) is 45.8 Å². The zero-order valence-electron chi connectivity index (χ0n) is 17.3. The van der Waals surface area contributed by atoms with Gasteiger partial charge in [-0.3, -0.25) is 4.99 Å². The average molecular weight is 515 g/mol. The number of aromatic nitrogens is 2. The number of halogens is 1. The van der Waals surface area contributed by atoms with E-state index in [-0.39, 0.29) is 24.0 Å². The summed E-state index contributed by atoms with van der Waals surface area (Å²) in [5.74, 6) is 1.59. The average Bonchev–Trinajstić information content (AvgIpc) is 3.30. The van der Waals surface area contributed by atoms with E-state index in [1.54, 1.807) is 7.05 Å². The fourth-order valence-corrected chi connectivity index (χ4v) is 3.43. The van der Waals surface area contributed by atoms with E-state index in [9.17, 15) is 0 Å². The predicted octanol–water partition coefficient (Wildman–Crippen LogP) is 4.72. The number of fused-ring (bicyclic) bond motifs is 1. The summed E-state index contributed by atoms with van der Waals surface area (Å²) in [7, 11) is 1.76. The van der Waals surface area contributed by atoms with Crippen LogP contribution in [0.5, 0.6) is 0 Å². The molecule has 156 valence electrons. The van der Waals surface area contributed by atoms with E-state index in [1.807, 2.05) is 54.1 Å². The minimum Gasteiger partial charge on any atom is -0.459 e. The van der Waals surface area contributed by atoms with E-state index in [4.69, 9.17) is 4.42 Å². The Morgan fingerprint density at radius 1 is 1.00 bits per heavy atom. The molecule has 6 nitrogen and oxygen atoms in total. The molecule has 0 saturated heterocycles. The van der Waals surface area contributed by atoms with Crippen LogP contribution in [-0.4, -0.2) is 22.8 Å². The van der Waals surface area contributed by atoms with Crippen LogP contribution in [0.2, 0.25) is 0 Å². The molecular formula is C23H26IN5O. The fraction of sp³-hybridized carbons (Fsp3) is 0.217. The molecule has 0 atom stereocenters. The Bertz CT molecular complexity index is 1130. The highest BCUT2D eigenvalue weighted by Gasteiger charge is 2.10. The van der Waals surface area contributed by atoms with Crippen LogP contribution in [0.3, 0.4) is 0 Å². The molecule has 0 unspecified atom stereocenters. The van der Waals surface area contributed by atoms with Crippen molar-refractivity contribution >= 4 is 40.9 Å². The maximum absolute atomic E-state index is 5.86. The first-order valence-corrected chi connectivity index (χ1v) is 9.67. The molecule has 7 heteroatoms. The van der Waals surface area contributed by atoms with Gasteiger partial charge in [-0.25, -0.2) is 4.68 Å². The second-order valence-corrected chi connectivity index (χ2v) is 7.00. The number of benzene rings is 2. The number of guanidine groups is 1. The SMILES string of the molecule is CN=C(NCc1cc2ccccc2o1)NCc1ccccc1-n1nc(C)cc1C.I. The van der Waals surface area contributed by atoms with Crippen LogP contribution < -0.4 is 10.6 Å². The Kier molecular flexibility index (Phi) is 7.15. The van der Waals surface area contributed by atoms with Crippen LogP contribution in [0.15, 0.2) is 70.1 Å². The van der Waals surface area contributed by atoms with Crippen molar-refractivity contribution in [2.45, 2.75) is 26.9 Å². The third-order valence-electron chi connectivity index (χ3n) is 4.81. The molecule has 0 aliphatic carbocycles. The van der Waals surface area contributed by atoms with Crippen molar-refractivity contribution < 1.29 is 4.42 Å². The van der Waals surface area contributed by atoms with E-state index >= 15 is 0 Å². The maximum Gasteiger partial charge on any atom is 0.191 e. The van der Waals surface area contributed by atoms with Crippen molar-refractivity contribution in [3.63, 3.8) is 0 Å². The van der Waals surface area contributed by atoms with Gasteiger partial charge in [-0.15, -0.1) is 24.0 Å². The van der Waals surface area contributed by atoms with Gasteiger partial charge in [0.2, 0.25) is 0 Å². The van der Waals surface area contributed by atoms with E-state index in [1.165, 1.54) is 0 Å². The van der Waals surface area contributed by atoms with Gasteiger partial charge >= 0.3 is 0 Å². The summed E-state index contributed by atoms with van der Waals surface area (Å²) in [6.07, 6.45) is 0. The molecule has 0 fully saturated rings. The topological polar surface area (TPSA) is 67.4 Å². The number of nitrogens with one attached hydrogen (secondary N) is 2. The quantitative estimate of drug-likeness (QED) is 0.230. The van der Waals surface area contributed by atoms with Gasteiger partial charge in [0.15, 0.2) is 5.96 Å². The van der Waals surface area contributed by atoms with Crippen molar-refractivity contribution in [3.05, 3.63) is 83.4 Å². The molecule has 0 aliphatic rings. The largest absolute Gasteiger partial charge is 0.459 e. The number of hydrogen-bond acceptors (Lipinski definition) is 3. The molecule has 0 bridgehead atoms. The molecule has 2 heterocycles. The van der Waals surface area contributed by atoms with Crippen LogP contribution in [0.1, 0.15) is 22.7 Å². The number of hydrogen-bond donors (Lipinski definition) is 2. The van der Waals surface area contributed by atoms with Gasteiger partial charge in [-0.2, -0.15) is 5.10 Å². The highest BCUT2D eigenvalue weighted by atomic mass is 127. The Morgan fingerprint density at radius 2 is 1.73 bits per heavy atom. The predicted molar refractivity (Wildman–Crippen MR) is 132 cm³/mol. The zero-order valence-corrected chi connectivity index (χ0v) is 19.7. The molecule has 0 spiro atoms. The molecule has 0 amide bonds. The molecule has 2 N–H and O–H groups in total. The molecular weight excluding hydrogens is 489 g/mol. The second-order valence-electron chi connectivity index (χ2n) is 7.00. The highest BCUT2D eigenvalue weighted by molar-refractivity contribution is 14.0. The summed E-state index contributed by atoms with van der Waals surface area (Å²) in [5.41, 5.74) is 5.23. The van der Waals surface area contributed by atoms with Crippen LogP contribution in [-0.2, 0) is 13.1 Å². The van der Waals surface area contributed by atoms with Crippen LogP contribution >= 0.6 is 24.0 Å². The summed E-state index contributed by atoms with van der Waals surface area (Å²) in [6.45, 7) is 5.27. The van der Waals surface area contributed by atoms with Crippen molar-refractivity contribution in [3.8, 4) is 5.69 Å². The molecule has 2 aromatic carbocycles. The van der Waals surface area contributed by atoms with Gasteiger partial charge in [0, 0.05) is 24.7 Å². The molecule has 0 saturated carbocycles. The lowest BCUT2D eigenvalue weighted by molar-refractivity contribution is 0.538. The minimum absolute atomic E-state index is 0.